The maximum absolute atomic E-state index is 13.3. The van der Waals surface area contributed by atoms with E-state index in [4.69, 9.17) is 4.42 Å². The fraction of sp³-hybridized carbons (Fsp3) is 0.450. The van der Waals surface area contributed by atoms with E-state index in [0.717, 1.165) is 31.7 Å². The van der Waals surface area contributed by atoms with Crippen LogP contribution in [0.1, 0.15) is 34.7 Å². The molecule has 5 heteroatoms. The molecule has 3 heterocycles. The lowest BCUT2D eigenvalue weighted by Crippen LogP contribution is -2.32. The number of nitrogens with zero attached hydrogens (tertiary/aromatic N) is 2. The van der Waals surface area contributed by atoms with E-state index < -0.39 is 0 Å². The minimum atomic E-state index is -0.218. The summed E-state index contributed by atoms with van der Waals surface area (Å²) >= 11 is 0. The molecule has 0 N–H and O–H groups in total. The second kappa shape index (κ2) is 7.00. The first-order valence-corrected chi connectivity index (χ1v) is 9.00. The minimum Gasteiger partial charge on any atom is -0.472 e. The van der Waals surface area contributed by atoms with Crippen LogP contribution in [-0.4, -0.2) is 48.4 Å². The lowest BCUT2D eigenvalue weighted by Gasteiger charge is -2.24. The van der Waals surface area contributed by atoms with Crippen LogP contribution in [0.4, 0.5) is 4.39 Å². The largest absolute Gasteiger partial charge is 0.472 e. The molecule has 25 heavy (non-hydrogen) atoms. The van der Waals surface area contributed by atoms with Crippen molar-refractivity contribution in [2.24, 2.45) is 5.92 Å². The van der Waals surface area contributed by atoms with E-state index >= 15 is 0 Å². The van der Waals surface area contributed by atoms with Gasteiger partial charge in [-0.1, -0.05) is 12.1 Å². The predicted octanol–water partition coefficient (Wildman–Crippen LogP) is 3.37. The molecule has 1 aromatic heterocycles. The highest BCUT2D eigenvalue weighted by molar-refractivity contribution is 5.94. The SMILES string of the molecule is O=C(c1ccoc1)N1CC(CN2CCCC2)C(c2ccc(F)cc2)C1. The highest BCUT2D eigenvalue weighted by atomic mass is 19.1. The summed E-state index contributed by atoms with van der Waals surface area (Å²) in [6.07, 6.45) is 5.54. The third-order valence-corrected chi connectivity index (χ3v) is 5.49. The van der Waals surface area contributed by atoms with Crippen LogP contribution < -0.4 is 0 Å². The second-order valence-corrected chi connectivity index (χ2v) is 7.15. The summed E-state index contributed by atoms with van der Waals surface area (Å²) in [6.45, 7) is 4.69. The Bertz CT molecular complexity index is 708. The first kappa shape index (κ1) is 16.3. The standard InChI is InChI=1S/C20H23FN2O2/c21-18-5-3-15(4-6-18)19-13-23(20(24)16-7-10-25-14-16)12-17(19)11-22-8-1-2-9-22/h3-7,10,14,17,19H,1-2,8-9,11-13H2. The van der Waals surface area contributed by atoms with Crippen LogP contribution in [0, 0.1) is 11.7 Å². The summed E-state index contributed by atoms with van der Waals surface area (Å²) in [7, 11) is 0. The van der Waals surface area contributed by atoms with E-state index in [2.05, 4.69) is 4.90 Å². The van der Waals surface area contributed by atoms with E-state index in [0.29, 0.717) is 18.0 Å². The smallest absolute Gasteiger partial charge is 0.257 e. The van der Waals surface area contributed by atoms with Gasteiger partial charge in [-0.25, -0.2) is 4.39 Å². The Balaban J connectivity index is 1.54. The Kier molecular flexibility index (Phi) is 4.57. The molecule has 4 nitrogen and oxygen atoms in total. The molecule has 2 aromatic rings. The molecule has 2 atom stereocenters. The molecule has 0 spiro atoms. The molecule has 4 rings (SSSR count). The van der Waals surface area contributed by atoms with Gasteiger partial charge in [-0.2, -0.15) is 0 Å². The summed E-state index contributed by atoms with van der Waals surface area (Å²) in [6, 6.07) is 8.47. The number of hydrogen-bond donors (Lipinski definition) is 0. The molecule has 1 aromatic carbocycles. The van der Waals surface area contributed by atoms with Crippen LogP contribution in [0.15, 0.2) is 47.3 Å². The number of carbonyl (C=O) groups excluding carboxylic acids is 1. The predicted molar refractivity (Wildman–Crippen MR) is 92.9 cm³/mol. The normalized spacial score (nSPS) is 24.1. The number of benzene rings is 1. The van der Waals surface area contributed by atoms with Crippen molar-refractivity contribution < 1.29 is 13.6 Å². The Morgan fingerprint density at radius 1 is 1.12 bits per heavy atom. The van der Waals surface area contributed by atoms with Gasteiger partial charge in [0.15, 0.2) is 0 Å². The number of likely N-dealkylation sites (tertiary alicyclic amines) is 2. The van der Waals surface area contributed by atoms with Crippen LogP contribution in [-0.2, 0) is 0 Å². The third-order valence-electron chi connectivity index (χ3n) is 5.49. The second-order valence-electron chi connectivity index (χ2n) is 7.15. The number of halogens is 1. The lowest BCUT2D eigenvalue weighted by molar-refractivity contribution is 0.0783. The monoisotopic (exact) mass is 342 g/mol. The van der Waals surface area contributed by atoms with Crippen molar-refractivity contribution in [3.05, 3.63) is 59.8 Å². The van der Waals surface area contributed by atoms with Gasteiger partial charge in [-0.3, -0.25) is 4.79 Å². The molecule has 0 radical (unpaired) electrons. The molecule has 2 fully saturated rings. The molecular weight excluding hydrogens is 319 g/mol. The molecule has 2 aliphatic heterocycles. The summed E-state index contributed by atoms with van der Waals surface area (Å²) in [5.41, 5.74) is 1.72. The van der Waals surface area contributed by atoms with E-state index in [-0.39, 0.29) is 17.6 Å². The molecule has 0 saturated carbocycles. The zero-order valence-electron chi connectivity index (χ0n) is 14.2. The van der Waals surface area contributed by atoms with Crippen molar-refractivity contribution in [3.8, 4) is 0 Å². The highest BCUT2D eigenvalue weighted by Crippen LogP contribution is 2.34. The minimum absolute atomic E-state index is 0.0183. The molecule has 0 aliphatic carbocycles. The Hall–Kier alpha value is -2.14. The van der Waals surface area contributed by atoms with E-state index in [1.54, 1.807) is 6.07 Å². The van der Waals surface area contributed by atoms with Crippen LogP contribution >= 0.6 is 0 Å². The van der Waals surface area contributed by atoms with Crippen molar-refractivity contribution in [2.75, 3.05) is 32.7 Å². The van der Waals surface area contributed by atoms with Crippen molar-refractivity contribution in [1.29, 1.82) is 0 Å². The Morgan fingerprint density at radius 3 is 2.56 bits per heavy atom. The zero-order valence-corrected chi connectivity index (χ0v) is 14.2. The Morgan fingerprint density at radius 2 is 1.88 bits per heavy atom. The molecule has 0 bridgehead atoms. The molecule has 2 unspecified atom stereocenters. The number of carbonyl (C=O) groups is 1. The van der Waals surface area contributed by atoms with E-state index in [1.807, 2.05) is 17.0 Å². The van der Waals surface area contributed by atoms with Gasteiger partial charge in [0.05, 0.1) is 11.8 Å². The highest BCUT2D eigenvalue weighted by Gasteiger charge is 2.37. The van der Waals surface area contributed by atoms with Gasteiger partial charge < -0.3 is 14.2 Å². The van der Waals surface area contributed by atoms with Gasteiger partial charge in [0.1, 0.15) is 12.1 Å². The number of rotatable bonds is 4. The van der Waals surface area contributed by atoms with Gasteiger partial charge in [-0.15, -0.1) is 0 Å². The zero-order chi connectivity index (χ0) is 17.2. The number of amides is 1. The quantitative estimate of drug-likeness (QED) is 0.855. The third kappa shape index (κ3) is 3.47. The average Bonchev–Trinajstić information content (AvgIpc) is 3.37. The number of furan rings is 1. The topological polar surface area (TPSA) is 36.7 Å². The van der Waals surface area contributed by atoms with Gasteiger partial charge in [0.25, 0.3) is 5.91 Å². The summed E-state index contributed by atoms with van der Waals surface area (Å²) in [5.74, 6) is 0.422. The lowest BCUT2D eigenvalue weighted by atomic mass is 9.88. The first-order chi connectivity index (χ1) is 12.2. The van der Waals surface area contributed by atoms with E-state index in [1.165, 1.54) is 37.5 Å². The fourth-order valence-electron chi connectivity index (χ4n) is 4.18. The van der Waals surface area contributed by atoms with Crippen molar-refractivity contribution >= 4 is 5.91 Å². The molecule has 2 aliphatic rings. The van der Waals surface area contributed by atoms with Gasteiger partial charge in [-0.05, 0) is 55.6 Å². The molecule has 132 valence electrons. The van der Waals surface area contributed by atoms with Crippen molar-refractivity contribution in [1.82, 2.24) is 9.80 Å². The van der Waals surface area contributed by atoms with E-state index in [9.17, 15) is 9.18 Å². The maximum atomic E-state index is 13.3. The van der Waals surface area contributed by atoms with Gasteiger partial charge in [0.2, 0.25) is 0 Å². The average molecular weight is 342 g/mol. The van der Waals surface area contributed by atoms with Crippen LogP contribution in [0.3, 0.4) is 0 Å². The first-order valence-electron chi connectivity index (χ1n) is 9.00. The van der Waals surface area contributed by atoms with Crippen LogP contribution in [0.25, 0.3) is 0 Å². The van der Waals surface area contributed by atoms with Crippen molar-refractivity contribution in [3.63, 3.8) is 0 Å². The van der Waals surface area contributed by atoms with Crippen LogP contribution in [0.2, 0.25) is 0 Å². The van der Waals surface area contributed by atoms with Gasteiger partial charge >= 0.3 is 0 Å². The van der Waals surface area contributed by atoms with Gasteiger partial charge in [0, 0.05) is 25.6 Å². The summed E-state index contributed by atoms with van der Waals surface area (Å²) in [4.78, 5) is 17.1. The molecule has 1 amide bonds. The Labute approximate surface area is 147 Å². The van der Waals surface area contributed by atoms with Crippen molar-refractivity contribution in [2.45, 2.75) is 18.8 Å². The van der Waals surface area contributed by atoms with Crippen LogP contribution in [0.5, 0.6) is 0 Å². The maximum Gasteiger partial charge on any atom is 0.257 e. The molecular formula is C20H23FN2O2. The molecule has 2 saturated heterocycles. The summed E-state index contributed by atoms with van der Waals surface area (Å²) in [5, 5.41) is 0. The fourth-order valence-corrected chi connectivity index (χ4v) is 4.18. The number of hydrogen-bond acceptors (Lipinski definition) is 3. The summed E-state index contributed by atoms with van der Waals surface area (Å²) < 4.78 is 18.4.